The Morgan fingerprint density at radius 3 is 2.53 bits per heavy atom. The fourth-order valence-electron chi connectivity index (χ4n) is 1.62. The van der Waals surface area contributed by atoms with Gasteiger partial charge in [0.05, 0.1) is 6.04 Å². The molecule has 1 heterocycles. The van der Waals surface area contributed by atoms with Crippen LogP contribution in [0, 0.1) is 5.41 Å². The Balaban J connectivity index is 2.82. The number of thioether (sulfide) groups is 1. The van der Waals surface area contributed by atoms with E-state index in [2.05, 4.69) is 0 Å². The Kier molecular flexibility index (Phi) is 4.43. The van der Waals surface area contributed by atoms with E-state index in [0.29, 0.717) is 12.3 Å². The number of carboxylic acid groups (broad SMARTS) is 1. The third-order valence-corrected chi connectivity index (χ3v) is 3.92. The summed E-state index contributed by atoms with van der Waals surface area (Å²) in [5.41, 5.74) is 5.54. The molecule has 1 rings (SSSR count). The van der Waals surface area contributed by atoms with Gasteiger partial charge in [-0.3, -0.25) is 4.79 Å². The molecule has 5 nitrogen and oxygen atoms in total. The van der Waals surface area contributed by atoms with Gasteiger partial charge >= 0.3 is 5.97 Å². The van der Waals surface area contributed by atoms with Crippen LogP contribution in [0.15, 0.2) is 0 Å². The van der Waals surface area contributed by atoms with Gasteiger partial charge in [0, 0.05) is 18.1 Å². The minimum atomic E-state index is -0.952. The van der Waals surface area contributed by atoms with Gasteiger partial charge in [0.1, 0.15) is 6.04 Å². The quantitative estimate of drug-likeness (QED) is 0.750. The number of nitrogens with two attached hydrogens (primary N) is 1. The van der Waals surface area contributed by atoms with Crippen LogP contribution in [0.25, 0.3) is 0 Å². The number of aliphatic carboxylic acids is 1. The van der Waals surface area contributed by atoms with Gasteiger partial charge in [-0.2, -0.15) is 11.8 Å². The molecule has 0 aromatic rings. The molecule has 1 amide bonds. The van der Waals surface area contributed by atoms with E-state index in [1.165, 1.54) is 4.90 Å². The molecule has 1 aliphatic heterocycles. The topological polar surface area (TPSA) is 83.6 Å². The standard InChI is InChI=1S/C11H20N2O3S/c1-11(2,3)8(12)9(14)13-4-5-17-6-7(13)10(15)16/h7-8H,4-6,12H2,1-3H3,(H,15,16). The van der Waals surface area contributed by atoms with E-state index in [1.54, 1.807) is 11.8 Å². The lowest BCUT2D eigenvalue weighted by Gasteiger charge is -2.37. The molecule has 0 spiro atoms. The van der Waals surface area contributed by atoms with E-state index in [-0.39, 0.29) is 11.3 Å². The first kappa shape index (κ1) is 14.3. The Bertz CT molecular complexity index is 314. The SMILES string of the molecule is CC(C)(C)C(N)C(=O)N1CCSCC1C(=O)O. The Morgan fingerprint density at radius 1 is 1.47 bits per heavy atom. The van der Waals surface area contributed by atoms with Crippen molar-refractivity contribution in [2.24, 2.45) is 11.1 Å². The summed E-state index contributed by atoms with van der Waals surface area (Å²) in [5, 5.41) is 9.09. The van der Waals surface area contributed by atoms with Gasteiger partial charge in [0.2, 0.25) is 5.91 Å². The highest BCUT2D eigenvalue weighted by molar-refractivity contribution is 7.99. The van der Waals surface area contributed by atoms with Crippen LogP contribution in [0.1, 0.15) is 20.8 Å². The van der Waals surface area contributed by atoms with Crippen molar-refractivity contribution in [3.05, 3.63) is 0 Å². The number of rotatable bonds is 2. The highest BCUT2D eigenvalue weighted by Crippen LogP contribution is 2.23. The van der Waals surface area contributed by atoms with E-state index in [1.807, 2.05) is 20.8 Å². The fraction of sp³-hybridized carbons (Fsp3) is 0.818. The summed E-state index contributed by atoms with van der Waals surface area (Å²) in [4.78, 5) is 24.7. The molecule has 1 fully saturated rings. The second-order valence-corrected chi connectivity index (χ2v) is 6.45. The summed E-state index contributed by atoms with van der Waals surface area (Å²) in [5.74, 6) is 0.00138. The fourth-order valence-corrected chi connectivity index (χ4v) is 2.66. The zero-order valence-electron chi connectivity index (χ0n) is 10.5. The Hall–Kier alpha value is -0.750. The molecule has 0 radical (unpaired) electrons. The van der Waals surface area contributed by atoms with Gasteiger partial charge in [0.25, 0.3) is 0 Å². The molecular weight excluding hydrogens is 240 g/mol. The van der Waals surface area contributed by atoms with Crippen LogP contribution in [0.3, 0.4) is 0 Å². The second-order valence-electron chi connectivity index (χ2n) is 5.30. The first-order valence-electron chi connectivity index (χ1n) is 5.61. The average molecular weight is 260 g/mol. The summed E-state index contributed by atoms with van der Waals surface area (Å²) in [6.07, 6.45) is 0. The van der Waals surface area contributed by atoms with Crippen LogP contribution in [-0.2, 0) is 9.59 Å². The molecule has 1 saturated heterocycles. The van der Waals surface area contributed by atoms with Gasteiger partial charge in [-0.05, 0) is 5.41 Å². The van der Waals surface area contributed by atoms with E-state index < -0.39 is 18.1 Å². The van der Waals surface area contributed by atoms with Crippen LogP contribution in [0.2, 0.25) is 0 Å². The first-order chi connectivity index (χ1) is 7.75. The van der Waals surface area contributed by atoms with E-state index in [4.69, 9.17) is 10.8 Å². The lowest BCUT2D eigenvalue weighted by molar-refractivity contribution is -0.150. The van der Waals surface area contributed by atoms with Gasteiger partial charge in [-0.1, -0.05) is 20.8 Å². The van der Waals surface area contributed by atoms with Crippen molar-refractivity contribution in [2.45, 2.75) is 32.9 Å². The molecule has 1 aliphatic rings. The monoisotopic (exact) mass is 260 g/mol. The molecule has 0 aromatic carbocycles. The molecule has 6 heteroatoms. The van der Waals surface area contributed by atoms with Crippen molar-refractivity contribution in [3.63, 3.8) is 0 Å². The van der Waals surface area contributed by atoms with Crippen LogP contribution >= 0.6 is 11.8 Å². The minimum Gasteiger partial charge on any atom is -0.480 e. The Morgan fingerprint density at radius 2 is 2.06 bits per heavy atom. The van der Waals surface area contributed by atoms with E-state index >= 15 is 0 Å². The van der Waals surface area contributed by atoms with Crippen molar-refractivity contribution in [1.82, 2.24) is 4.90 Å². The number of nitrogens with zero attached hydrogens (tertiary/aromatic N) is 1. The second kappa shape index (κ2) is 5.27. The maximum atomic E-state index is 12.2. The van der Waals surface area contributed by atoms with Gasteiger partial charge in [-0.25, -0.2) is 4.79 Å². The molecule has 3 N–H and O–H groups in total. The van der Waals surface area contributed by atoms with Crippen molar-refractivity contribution in [2.75, 3.05) is 18.1 Å². The lowest BCUT2D eigenvalue weighted by Crippen LogP contribution is -2.58. The van der Waals surface area contributed by atoms with Gasteiger partial charge < -0.3 is 15.7 Å². The van der Waals surface area contributed by atoms with Gasteiger partial charge in [0.15, 0.2) is 0 Å². The maximum Gasteiger partial charge on any atom is 0.327 e. The number of hydrogen-bond donors (Lipinski definition) is 2. The third-order valence-electron chi connectivity index (χ3n) is 2.90. The summed E-state index contributed by atoms with van der Waals surface area (Å²) in [7, 11) is 0. The van der Waals surface area contributed by atoms with E-state index in [9.17, 15) is 9.59 Å². The zero-order chi connectivity index (χ0) is 13.2. The van der Waals surface area contributed by atoms with Crippen LogP contribution < -0.4 is 5.73 Å². The van der Waals surface area contributed by atoms with Crippen molar-refractivity contribution >= 4 is 23.6 Å². The average Bonchev–Trinajstić information content (AvgIpc) is 2.25. The molecule has 2 atom stereocenters. The lowest BCUT2D eigenvalue weighted by atomic mass is 9.86. The third kappa shape index (κ3) is 3.35. The van der Waals surface area contributed by atoms with Gasteiger partial charge in [-0.15, -0.1) is 0 Å². The summed E-state index contributed by atoms with van der Waals surface area (Å²) in [6, 6.07) is -1.40. The normalized spacial score (nSPS) is 23.3. The molecule has 0 bridgehead atoms. The molecule has 98 valence electrons. The summed E-state index contributed by atoms with van der Waals surface area (Å²) < 4.78 is 0. The minimum absolute atomic E-state index is 0.259. The molecular formula is C11H20N2O3S. The highest BCUT2D eigenvalue weighted by Gasteiger charge is 2.38. The highest BCUT2D eigenvalue weighted by atomic mass is 32.2. The maximum absolute atomic E-state index is 12.2. The number of hydrogen-bond acceptors (Lipinski definition) is 4. The van der Waals surface area contributed by atoms with Crippen LogP contribution in [0.5, 0.6) is 0 Å². The Labute approximate surface area is 106 Å². The smallest absolute Gasteiger partial charge is 0.327 e. The van der Waals surface area contributed by atoms with E-state index in [0.717, 1.165) is 5.75 Å². The van der Waals surface area contributed by atoms with Crippen molar-refractivity contribution < 1.29 is 14.7 Å². The molecule has 2 unspecified atom stereocenters. The number of carboxylic acids is 1. The largest absolute Gasteiger partial charge is 0.480 e. The molecule has 0 saturated carbocycles. The van der Waals surface area contributed by atoms with Crippen molar-refractivity contribution in [3.8, 4) is 0 Å². The predicted molar refractivity (Wildman–Crippen MR) is 67.9 cm³/mol. The van der Waals surface area contributed by atoms with Crippen LogP contribution in [0.4, 0.5) is 0 Å². The first-order valence-corrected chi connectivity index (χ1v) is 6.77. The molecule has 0 aliphatic carbocycles. The summed E-state index contributed by atoms with van der Waals surface area (Å²) in [6.45, 7) is 6.10. The summed E-state index contributed by atoms with van der Waals surface area (Å²) >= 11 is 1.56. The molecule has 17 heavy (non-hydrogen) atoms. The van der Waals surface area contributed by atoms with Crippen molar-refractivity contribution in [1.29, 1.82) is 0 Å². The number of carbonyl (C=O) groups is 2. The predicted octanol–water partition coefficient (Wildman–Crippen LogP) is 0.388. The number of carbonyl (C=O) groups excluding carboxylic acids is 1. The molecule has 0 aromatic heterocycles. The zero-order valence-corrected chi connectivity index (χ0v) is 11.3. The number of amides is 1. The van der Waals surface area contributed by atoms with Crippen LogP contribution in [-0.4, -0.2) is 52.0 Å².